The van der Waals surface area contributed by atoms with Gasteiger partial charge in [0.2, 0.25) is 0 Å². The molecule has 1 unspecified atom stereocenters. The Labute approximate surface area is 109 Å². The van der Waals surface area contributed by atoms with Crippen LogP contribution in [0, 0.1) is 5.92 Å². The summed E-state index contributed by atoms with van der Waals surface area (Å²) >= 11 is 0. The van der Waals surface area contributed by atoms with Gasteiger partial charge in [0.05, 0.1) is 11.7 Å². The van der Waals surface area contributed by atoms with Gasteiger partial charge in [0.25, 0.3) is 0 Å². The van der Waals surface area contributed by atoms with Crippen molar-refractivity contribution in [2.45, 2.75) is 25.1 Å². The largest absolute Gasteiger partial charge is 0.418 e. The molecule has 0 aliphatic carbocycles. The van der Waals surface area contributed by atoms with E-state index in [0.717, 1.165) is 32.0 Å². The van der Waals surface area contributed by atoms with E-state index in [2.05, 4.69) is 5.32 Å². The maximum Gasteiger partial charge on any atom is 0.418 e. The third kappa shape index (κ3) is 3.01. The predicted molar refractivity (Wildman–Crippen MR) is 66.4 cm³/mol. The van der Waals surface area contributed by atoms with E-state index in [1.54, 1.807) is 0 Å². The molecule has 0 bridgehead atoms. The van der Waals surface area contributed by atoms with Gasteiger partial charge in [-0.3, -0.25) is 0 Å². The Morgan fingerprint density at radius 2 is 1.89 bits per heavy atom. The Morgan fingerprint density at radius 3 is 2.47 bits per heavy atom. The maximum atomic E-state index is 12.8. The number of nitrogens with one attached hydrogen (secondary N) is 1. The van der Waals surface area contributed by atoms with Crippen LogP contribution >= 0.6 is 0 Å². The van der Waals surface area contributed by atoms with Crippen molar-refractivity contribution in [2.24, 2.45) is 5.92 Å². The second kappa shape index (κ2) is 5.38. The quantitative estimate of drug-likeness (QED) is 0.725. The Bertz CT molecular complexity index is 442. The Kier molecular flexibility index (Phi) is 4.01. The van der Waals surface area contributed by atoms with E-state index < -0.39 is 17.8 Å². The van der Waals surface area contributed by atoms with E-state index >= 15 is 0 Å². The number of hydrogen-bond donors (Lipinski definition) is 3. The number of halogens is 3. The topological polar surface area (TPSA) is 58.3 Å². The third-order valence-corrected chi connectivity index (χ3v) is 3.59. The molecule has 2 rings (SSSR count). The van der Waals surface area contributed by atoms with Crippen LogP contribution in [-0.4, -0.2) is 18.2 Å². The number of alkyl halides is 3. The summed E-state index contributed by atoms with van der Waals surface area (Å²) in [6.45, 7) is 1.53. The second-order valence-corrected chi connectivity index (χ2v) is 4.84. The fourth-order valence-corrected chi connectivity index (χ4v) is 2.50. The van der Waals surface area contributed by atoms with E-state index in [0.29, 0.717) is 0 Å². The predicted octanol–water partition coefficient (Wildman–Crippen LogP) is 2.32. The van der Waals surface area contributed by atoms with E-state index in [4.69, 9.17) is 5.73 Å². The minimum absolute atomic E-state index is 0.0490. The van der Waals surface area contributed by atoms with Crippen LogP contribution in [0.25, 0.3) is 0 Å². The average molecular weight is 274 g/mol. The molecule has 1 aliphatic rings. The minimum Gasteiger partial charge on any atom is -0.398 e. The van der Waals surface area contributed by atoms with Crippen molar-refractivity contribution in [3.8, 4) is 0 Å². The van der Waals surface area contributed by atoms with E-state index in [1.165, 1.54) is 12.1 Å². The average Bonchev–Trinajstić information content (AvgIpc) is 2.38. The lowest BCUT2D eigenvalue weighted by Gasteiger charge is -2.28. The van der Waals surface area contributed by atoms with Crippen molar-refractivity contribution in [1.29, 1.82) is 0 Å². The Hall–Kier alpha value is -1.27. The number of nitrogens with two attached hydrogens (primary N) is 1. The third-order valence-electron chi connectivity index (χ3n) is 3.59. The highest BCUT2D eigenvalue weighted by Crippen LogP contribution is 2.39. The van der Waals surface area contributed by atoms with Gasteiger partial charge in [-0.05, 0) is 37.9 Å². The Balaban J connectivity index is 2.29. The van der Waals surface area contributed by atoms with E-state index in [1.807, 2.05) is 0 Å². The van der Waals surface area contributed by atoms with Crippen LogP contribution in [0.1, 0.15) is 30.1 Å². The SMILES string of the molecule is Nc1c(C(O)C2CCNCC2)cccc1C(F)(F)F. The zero-order valence-corrected chi connectivity index (χ0v) is 10.4. The van der Waals surface area contributed by atoms with Crippen LogP contribution in [0.15, 0.2) is 18.2 Å². The highest BCUT2D eigenvalue weighted by Gasteiger charge is 2.35. The fourth-order valence-electron chi connectivity index (χ4n) is 2.50. The van der Waals surface area contributed by atoms with Crippen molar-refractivity contribution < 1.29 is 18.3 Å². The molecule has 1 heterocycles. The smallest absolute Gasteiger partial charge is 0.398 e. The van der Waals surface area contributed by atoms with Crippen LogP contribution in [0.2, 0.25) is 0 Å². The number of benzene rings is 1. The Morgan fingerprint density at radius 1 is 1.26 bits per heavy atom. The van der Waals surface area contributed by atoms with Crippen molar-refractivity contribution in [3.63, 3.8) is 0 Å². The first-order valence-corrected chi connectivity index (χ1v) is 6.25. The minimum atomic E-state index is -4.49. The number of piperidine rings is 1. The molecule has 1 aliphatic heterocycles. The van der Waals surface area contributed by atoms with Crippen LogP contribution in [0.3, 0.4) is 0 Å². The summed E-state index contributed by atoms with van der Waals surface area (Å²) in [5, 5.41) is 13.4. The maximum absolute atomic E-state index is 12.8. The first-order chi connectivity index (χ1) is 8.91. The highest BCUT2D eigenvalue weighted by molar-refractivity contribution is 5.56. The molecular weight excluding hydrogens is 257 g/mol. The van der Waals surface area contributed by atoms with Gasteiger partial charge in [-0.1, -0.05) is 12.1 Å². The number of hydrogen-bond acceptors (Lipinski definition) is 3. The summed E-state index contributed by atoms with van der Waals surface area (Å²) in [5.41, 5.74) is 4.53. The van der Waals surface area contributed by atoms with Gasteiger partial charge in [-0.15, -0.1) is 0 Å². The molecule has 0 radical (unpaired) electrons. The summed E-state index contributed by atoms with van der Waals surface area (Å²) in [6.07, 6.45) is -3.97. The molecule has 1 aromatic rings. The molecule has 3 nitrogen and oxygen atoms in total. The number of rotatable bonds is 2. The lowest BCUT2D eigenvalue weighted by Crippen LogP contribution is -2.31. The lowest BCUT2D eigenvalue weighted by molar-refractivity contribution is -0.137. The highest BCUT2D eigenvalue weighted by atomic mass is 19.4. The van der Waals surface area contributed by atoms with Gasteiger partial charge < -0.3 is 16.2 Å². The van der Waals surface area contributed by atoms with E-state index in [-0.39, 0.29) is 17.2 Å². The molecule has 19 heavy (non-hydrogen) atoms. The van der Waals surface area contributed by atoms with E-state index in [9.17, 15) is 18.3 Å². The number of anilines is 1. The number of aliphatic hydroxyl groups is 1. The lowest BCUT2D eigenvalue weighted by atomic mass is 9.86. The van der Waals surface area contributed by atoms with Crippen molar-refractivity contribution in [1.82, 2.24) is 5.32 Å². The molecule has 1 fully saturated rings. The van der Waals surface area contributed by atoms with Gasteiger partial charge in [-0.25, -0.2) is 0 Å². The summed E-state index contributed by atoms with van der Waals surface area (Å²) in [4.78, 5) is 0. The molecule has 6 heteroatoms. The number of aliphatic hydroxyl groups excluding tert-OH is 1. The molecule has 0 amide bonds. The summed E-state index contributed by atoms with van der Waals surface area (Å²) in [5.74, 6) is -0.0490. The summed E-state index contributed by atoms with van der Waals surface area (Å²) < 4.78 is 38.3. The van der Waals surface area contributed by atoms with Gasteiger partial charge in [0, 0.05) is 11.3 Å². The zero-order valence-electron chi connectivity index (χ0n) is 10.4. The van der Waals surface area contributed by atoms with Gasteiger partial charge >= 0.3 is 6.18 Å². The molecule has 4 N–H and O–H groups in total. The van der Waals surface area contributed by atoms with Crippen LogP contribution in [0.4, 0.5) is 18.9 Å². The molecular formula is C13H17F3N2O. The van der Waals surface area contributed by atoms with Crippen molar-refractivity contribution in [2.75, 3.05) is 18.8 Å². The first-order valence-electron chi connectivity index (χ1n) is 6.25. The molecule has 0 saturated carbocycles. The normalized spacial score (nSPS) is 19.4. The van der Waals surface area contributed by atoms with Gasteiger partial charge in [0.15, 0.2) is 0 Å². The molecule has 1 saturated heterocycles. The first kappa shape index (κ1) is 14.1. The van der Waals surface area contributed by atoms with Crippen molar-refractivity contribution >= 4 is 5.69 Å². The molecule has 0 aromatic heterocycles. The standard InChI is InChI=1S/C13H17F3N2O/c14-13(15,16)10-3-1-2-9(11(10)17)12(19)8-4-6-18-7-5-8/h1-3,8,12,18-19H,4-7,17H2. The molecule has 106 valence electrons. The zero-order chi connectivity index (χ0) is 14.0. The molecule has 1 atom stereocenters. The fraction of sp³-hybridized carbons (Fsp3) is 0.538. The molecule has 0 spiro atoms. The van der Waals surface area contributed by atoms with Gasteiger partial charge in [0.1, 0.15) is 0 Å². The van der Waals surface area contributed by atoms with Crippen LogP contribution in [-0.2, 0) is 6.18 Å². The van der Waals surface area contributed by atoms with Crippen LogP contribution < -0.4 is 11.1 Å². The van der Waals surface area contributed by atoms with Crippen LogP contribution in [0.5, 0.6) is 0 Å². The summed E-state index contributed by atoms with van der Waals surface area (Å²) in [7, 11) is 0. The summed E-state index contributed by atoms with van der Waals surface area (Å²) in [6, 6.07) is 3.70. The van der Waals surface area contributed by atoms with Gasteiger partial charge in [-0.2, -0.15) is 13.2 Å². The second-order valence-electron chi connectivity index (χ2n) is 4.84. The molecule has 1 aromatic carbocycles. The number of para-hydroxylation sites is 1. The monoisotopic (exact) mass is 274 g/mol. The van der Waals surface area contributed by atoms with Crippen molar-refractivity contribution in [3.05, 3.63) is 29.3 Å². The number of nitrogen functional groups attached to an aromatic ring is 1.